The summed E-state index contributed by atoms with van der Waals surface area (Å²) in [5, 5.41) is 9.00. The van der Waals surface area contributed by atoms with E-state index in [4.69, 9.17) is 11.7 Å². The van der Waals surface area contributed by atoms with E-state index in [0.29, 0.717) is 5.56 Å². The van der Waals surface area contributed by atoms with Crippen LogP contribution in [-0.4, -0.2) is 5.11 Å². The summed E-state index contributed by atoms with van der Waals surface area (Å²) in [7, 11) is 0. The third-order valence-corrected chi connectivity index (χ3v) is 1.12. The lowest BCUT2D eigenvalue weighted by Gasteiger charge is -1.93. The minimum Gasteiger partial charge on any atom is -0.507 e. The molecule has 0 saturated carbocycles. The Kier molecular flexibility index (Phi) is 1.54. The molecule has 9 heavy (non-hydrogen) atoms. The number of phenols is 1. The summed E-state index contributed by atoms with van der Waals surface area (Å²) in [5.41, 5.74) is 0.664. The monoisotopic (exact) mass is 119 g/mol. The SMILES string of the molecule is [CH]=Cc1ccccc1O. The highest BCUT2D eigenvalue weighted by Crippen LogP contribution is 2.15. The van der Waals surface area contributed by atoms with Gasteiger partial charge in [-0.05, 0) is 6.07 Å². The van der Waals surface area contributed by atoms with Gasteiger partial charge in [-0.15, -0.1) is 0 Å². The second-order valence-corrected chi connectivity index (χ2v) is 1.73. The van der Waals surface area contributed by atoms with Gasteiger partial charge in [0.05, 0.1) is 0 Å². The molecule has 1 heteroatoms. The summed E-state index contributed by atoms with van der Waals surface area (Å²) in [6, 6.07) is 6.91. The van der Waals surface area contributed by atoms with Crippen molar-refractivity contribution in [1.29, 1.82) is 0 Å². The van der Waals surface area contributed by atoms with Crippen LogP contribution in [-0.2, 0) is 0 Å². The van der Waals surface area contributed by atoms with Crippen molar-refractivity contribution in [3.8, 4) is 5.75 Å². The van der Waals surface area contributed by atoms with Gasteiger partial charge in [0, 0.05) is 5.56 Å². The van der Waals surface area contributed by atoms with Crippen LogP contribution in [0.4, 0.5) is 0 Å². The zero-order valence-electron chi connectivity index (χ0n) is 4.91. The molecule has 1 rings (SSSR count). The number of hydrogen-bond donors (Lipinski definition) is 1. The highest BCUT2D eigenvalue weighted by atomic mass is 16.3. The quantitative estimate of drug-likeness (QED) is 0.598. The number of para-hydroxylation sites is 1. The van der Waals surface area contributed by atoms with E-state index < -0.39 is 0 Å². The maximum absolute atomic E-state index is 9.00. The normalized spacial score (nSPS) is 8.89. The van der Waals surface area contributed by atoms with E-state index in [1.807, 2.05) is 6.07 Å². The average Bonchev–Trinajstić information content (AvgIpc) is 1.89. The number of hydrogen-bond acceptors (Lipinski definition) is 1. The summed E-state index contributed by atoms with van der Waals surface area (Å²) >= 11 is 0. The van der Waals surface area contributed by atoms with E-state index in [0.717, 1.165) is 0 Å². The minimum atomic E-state index is 0.222. The van der Waals surface area contributed by atoms with Crippen LogP contribution in [0.5, 0.6) is 5.75 Å². The molecule has 0 aliphatic carbocycles. The standard InChI is InChI=1S/C8H7O/c1-2-7-5-3-4-6-8(7)9/h1-6,9H. The molecule has 0 aromatic heterocycles. The molecular weight excluding hydrogens is 112 g/mol. The minimum absolute atomic E-state index is 0.222. The predicted molar refractivity (Wildman–Crippen MR) is 36.9 cm³/mol. The average molecular weight is 119 g/mol. The molecule has 0 aliphatic heterocycles. The van der Waals surface area contributed by atoms with E-state index in [-0.39, 0.29) is 5.75 Å². The van der Waals surface area contributed by atoms with Crippen molar-refractivity contribution in [3.63, 3.8) is 0 Å². The van der Waals surface area contributed by atoms with Crippen LogP contribution in [0.1, 0.15) is 5.56 Å². The Morgan fingerprint density at radius 3 is 2.44 bits per heavy atom. The lowest BCUT2D eigenvalue weighted by Crippen LogP contribution is -1.69. The first kappa shape index (κ1) is 5.89. The van der Waals surface area contributed by atoms with Crippen molar-refractivity contribution in [3.05, 3.63) is 36.4 Å². The van der Waals surface area contributed by atoms with Crippen LogP contribution in [0.3, 0.4) is 0 Å². The van der Waals surface area contributed by atoms with E-state index in [1.165, 1.54) is 6.08 Å². The van der Waals surface area contributed by atoms with Crippen molar-refractivity contribution < 1.29 is 5.11 Å². The van der Waals surface area contributed by atoms with Gasteiger partial charge in [0.15, 0.2) is 0 Å². The van der Waals surface area contributed by atoms with Crippen molar-refractivity contribution in [1.82, 2.24) is 0 Å². The molecule has 0 amide bonds. The Labute approximate surface area is 54.3 Å². The van der Waals surface area contributed by atoms with Crippen molar-refractivity contribution in [2.75, 3.05) is 0 Å². The number of benzene rings is 1. The van der Waals surface area contributed by atoms with Gasteiger partial charge < -0.3 is 5.11 Å². The van der Waals surface area contributed by atoms with E-state index in [9.17, 15) is 0 Å². The Morgan fingerprint density at radius 1 is 1.33 bits per heavy atom. The first-order valence-corrected chi connectivity index (χ1v) is 2.67. The first-order valence-electron chi connectivity index (χ1n) is 2.67. The fourth-order valence-electron chi connectivity index (χ4n) is 0.628. The van der Waals surface area contributed by atoms with E-state index in [1.54, 1.807) is 18.2 Å². The van der Waals surface area contributed by atoms with Crippen molar-refractivity contribution in [2.24, 2.45) is 0 Å². The van der Waals surface area contributed by atoms with Gasteiger partial charge in [-0.25, -0.2) is 0 Å². The number of rotatable bonds is 1. The summed E-state index contributed by atoms with van der Waals surface area (Å²) < 4.78 is 0. The molecule has 1 nitrogen and oxygen atoms in total. The molecule has 1 aromatic carbocycles. The Bertz CT molecular complexity index is 216. The lowest BCUT2D eigenvalue weighted by molar-refractivity contribution is 0.474. The van der Waals surface area contributed by atoms with Crippen molar-refractivity contribution >= 4 is 6.08 Å². The predicted octanol–water partition coefficient (Wildman–Crippen LogP) is 1.84. The van der Waals surface area contributed by atoms with Gasteiger partial charge in [0.25, 0.3) is 0 Å². The molecule has 0 bridgehead atoms. The molecule has 1 radical (unpaired) electrons. The smallest absolute Gasteiger partial charge is 0.122 e. The van der Waals surface area contributed by atoms with Gasteiger partial charge >= 0.3 is 0 Å². The highest BCUT2D eigenvalue weighted by Gasteiger charge is 1.89. The summed E-state index contributed by atoms with van der Waals surface area (Å²) in [6.07, 6.45) is 1.37. The fourth-order valence-corrected chi connectivity index (χ4v) is 0.628. The molecule has 1 aromatic rings. The molecule has 1 N–H and O–H groups in total. The van der Waals surface area contributed by atoms with E-state index >= 15 is 0 Å². The molecule has 0 heterocycles. The Hall–Kier alpha value is -1.24. The zero-order valence-corrected chi connectivity index (χ0v) is 4.91. The van der Waals surface area contributed by atoms with Crippen LogP contribution in [0.2, 0.25) is 0 Å². The van der Waals surface area contributed by atoms with Gasteiger partial charge in [-0.2, -0.15) is 0 Å². The van der Waals surface area contributed by atoms with Gasteiger partial charge in [0.1, 0.15) is 5.75 Å². The van der Waals surface area contributed by atoms with Crippen LogP contribution in [0.15, 0.2) is 24.3 Å². The highest BCUT2D eigenvalue weighted by molar-refractivity contribution is 5.53. The van der Waals surface area contributed by atoms with Gasteiger partial charge in [0.2, 0.25) is 0 Å². The molecule has 0 unspecified atom stereocenters. The number of aromatic hydroxyl groups is 1. The second-order valence-electron chi connectivity index (χ2n) is 1.73. The van der Waals surface area contributed by atoms with Gasteiger partial charge in [-0.1, -0.05) is 30.9 Å². The molecule has 0 aliphatic rings. The first-order chi connectivity index (χ1) is 4.34. The summed E-state index contributed by atoms with van der Waals surface area (Å²) in [6.45, 7) is 5.17. The molecule has 0 saturated heterocycles. The fraction of sp³-hybridized carbons (Fsp3) is 0. The molecule has 0 atom stereocenters. The summed E-state index contributed by atoms with van der Waals surface area (Å²) in [5.74, 6) is 0.222. The third kappa shape index (κ3) is 1.11. The Morgan fingerprint density at radius 2 is 2.00 bits per heavy atom. The molecule has 45 valence electrons. The number of phenolic OH excluding ortho intramolecular Hbond substituents is 1. The van der Waals surface area contributed by atoms with Crippen molar-refractivity contribution in [2.45, 2.75) is 0 Å². The maximum atomic E-state index is 9.00. The largest absolute Gasteiger partial charge is 0.507 e. The Balaban J connectivity index is 3.15. The van der Waals surface area contributed by atoms with Crippen LogP contribution in [0, 0.1) is 6.58 Å². The molecule has 0 fully saturated rings. The van der Waals surface area contributed by atoms with E-state index in [2.05, 4.69) is 0 Å². The third-order valence-electron chi connectivity index (χ3n) is 1.12. The molecular formula is C8H7O. The molecule has 0 spiro atoms. The lowest BCUT2D eigenvalue weighted by atomic mass is 10.2. The summed E-state index contributed by atoms with van der Waals surface area (Å²) in [4.78, 5) is 0. The van der Waals surface area contributed by atoms with Crippen LogP contribution >= 0.6 is 0 Å². The van der Waals surface area contributed by atoms with Gasteiger partial charge in [-0.3, -0.25) is 0 Å². The second kappa shape index (κ2) is 2.35. The van der Waals surface area contributed by atoms with Crippen LogP contribution in [0.25, 0.3) is 6.08 Å². The maximum Gasteiger partial charge on any atom is 0.122 e. The zero-order chi connectivity index (χ0) is 6.69. The van der Waals surface area contributed by atoms with Crippen LogP contribution < -0.4 is 0 Å². The topological polar surface area (TPSA) is 20.2 Å².